The van der Waals surface area contributed by atoms with Gasteiger partial charge in [0, 0.05) is 19.5 Å². The summed E-state index contributed by atoms with van der Waals surface area (Å²) in [7, 11) is 1.47. The standard InChI is InChI=1S/C18H26F2N2O3/c1-17(2,3)25-15(23)11-22(5)16(24)14(21)10-12-6-8-13(9-7-12)18(4,19)20/h6-9,14H,10-11,21H2,1-5H3/t14-/m0/s1. The molecule has 0 bridgehead atoms. The molecule has 2 N–H and O–H groups in total. The van der Waals surface area contributed by atoms with Crippen LogP contribution < -0.4 is 5.73 Å². The van der Waals surface area contributed by atoms with Crippen molar-refractivity contribution in [2.75, 3.05) is 13.6 Å². The van der Waals surface area contributed by atoms with Gasteiger partial charge in [0.1, 0.15) is 12.1 Å². The molecule has 1 rings (SSSR count). The van der Waals surface area contributed by atoms with E-state index in [0.717, 1.165) is 6.92 Å². The number of hydrogen-bond donors (Lipinski definition) is 1. The summed E-state index contributed by atoms with van der Waals surface area (Å²) in [5.74, 6) is -3.86. The van der Waals surface area contributed by atoms with Gasteiger partial charge in [-0.1, -0.05) is 24.3 Å². The molecule has 0 aliphatic heterocycles. The van der Waals surface area contributed by atoms with Gasteiger partial charge in [0.2, 0.25) is 5.91 Å². The van der Waals surface area contributed by atoms with E-state index in [-0.39, 0.29) is 18.5 Å². The maximum atomic E-state index is 13.2. The number of hydrogen-bond acceptors (Lipinski definition) is 4. The molecule has 1 aromatic rings. The van der Waals surface area contributed by atoms with E-state index >= 15 is 0 Å². The number of esters is 1. The Labute approximate surface area is 147 Å². The second-order valence-electron chi connectivity index (χ2n) is 7.18. The van der Waals surface area contributed by atoms with Gasteiger partial charge >= 0.3 is 5.97 Å². The highest BCUT2D eigenvalue weighted by Crippen LogP contribution is 2.26. The van der Waals surface area contributed by atoms with Gasteiger partial charge < -0.3 is 15.4 Å². The number of nitrogens with zero attached hydrogens (tertiary/aromatic N) is 1. The average molecular weight is 356 g/mol. The highest BCUT2D eigenvalue weighted by atomic mass is 19.3. The highest BCUT2D eigenvalue weighted by Gasteiger charge is 2.25. The van der Waals surface area contributed by atoms with Gasteiger partial charge in [0.05, 0.1) is 6.04 Å². The molecule has 0 saturated heterocycles. The van der Waals surface area contributed by atoms with Crippen LogP contribution in [0.25, 0.3) is 0 Å². The molecule has 0 saturated carbocycles. The molecule has 25 heavy (non-hydrogen) atoms. The molecular weight excluding hydrogens is 330 g/mol. The fourth-order valence-corrected chi connectivity index (χ4v) is 2.20. The highest BCUT2D eigenvalue weighted by molar-refractivity contribution is 5.85. The van der Waals surface area contributed by atoms with Crippen molar-refractivity contribution in [3.05, 3.63) is 35.4 Å². The summed E-state index contributed by atoms with van der Waals surface area (Å²) in [4.78, 5) is 25.2. The smallest absolute Gasteiger partial charge is 0.326 e. The lowest BCUT2D eigenvalue weighted by Gasteiger charge is -2.24. The molecule has 5 nitrogen and oxygen atoms in total. The zero-order valence-corrected chi connectivity index (χ0v) is 15.3. The van der Waals surface area contributed by atoms with Crippen molar-refractivity contribution >= 4 is 11.9 Å². The molecule has 0 radical (unpaired) electrons. The second kappa shape index (κ2) is 7.91. The van der Waals surface area contributed by atoms with Crippen molar-refractivity contribution in [1.82, 2.24) is 4.90 Å². The van der Waals surface area contributed by atoms with Crippen molar-refractivity contribution in [3.63, 3.8) is 0 Å². The predicted octanol–water partition coefficient (Wildman–Crippen LogP) is 2.47. The van der Waals surface area contributed by atoms with Crippen LogP contribution in [0.15, 0.2) is 24.3 Å². The van der Waals surface area contributed by atoms with Crippen LogP contribution in [-0.2, 0) is 26.7 Å². The quantitative estimate of drug-likeness (QED) is 0.795. The van der Waals surface area contributed by atoms with Gasteiger partial charge in [0.25, 0.3) is 5.92 Å². The average Bonchev–Trinajstić information content (AvgIpc) is 2.43. The van der Waals surface area contributed by atoms with Gasteiger partial charge in [0.15, 0.2) is 0 Å². The Bertz CT molecular complexity index is 604. The third kappa shape index (κ3) is 7.17. The molecule has 1 aromatic carbocycles. The fourth-order valence-electron chi connectivity index (χ4n) is 2.20. The lowest BCUT2D eigenvalue weighted by Crippen LogP contribution is -2.45. The van der Waals surface area contributed by atoms with Crippen LogP contribution >= 0.6 is 0 Å². The topological polar surface area (TPSA) is 72.6 Å². The summed E-state index contributed by atoms with van der Waals surface area (Å²) < 4.78 is 31.5. The zero-order valence-electron chi connectivity index (χ0n) is 15.3. The lowest BCUT2D eigenvalue weighted by molar-refractivity contribution is -0.158. The Kier molecular flexibility index (Phi) is 6.65. The maximum absolute atomic E-state index is 13.2. The minimum absolute atomic E-state index is 0.0989. The minimum Gasteiger partial charge on any atom is -0.459 e. The van der Waals surface area contributed by atoms with Crippen molar-refractivity contribution < 1.29 is 23.1 Å². The van der Waals surface area contributed by atoms with E-state index in [1.165, 1.54) is 36.2 Å². The Morgan fingerprint density at radius 2 is 1.68 bits per heavy atom. The normalized spacial score (nSPS) is 13.3. The van der Waals surface area contributed by atoms with Crippen LogP contribution in [0.4, 0.5) is 8.78 Å². The summed E-state index contributed by atoms with van der Waals surface area (Å²) in [6, 6.07) is 4.80. The Balaban J connectivity index is 2.62. The molecule has 0 spiro atoms. The maximum Gasteiger partial charge on any atom is 0.326 e. The minimum atomic E-state index is -2.91. The number of likely N-dealkylation sites (N-methyl/N-ethyl adjacent to an activating group) is 1. The van der Waals surface area contributed by atoms with Crippen LogP contribution in [0.3, 0.4) is 0 Å². The van der Waals surface area contributed by atoms with E-state index in [9.17, 15) is 18.4 Å². The third-order valence-corrected chi connectivity index (χ3v) is 3.40. The Morgan fingerprint density at radius 3 is 2.12 bits per heavy atom. The van der Waals surface area contributed by atoms with Crippen LogP contribution in [0.5, 0.6) is 0 Å². The second-order valence-corrected chi connectivity index (χ2v) is 7.18. The van der Waals surface area contributed by atoms with Crippen LogP contribution in [0, 0.1) is 0 Å². The molecule has 1 atom stereocenters. The van der Waals surface area contributed by atoms with Crippen molar-refractivity contribution in [2.24, 2.45) is 5.73 Å². The first-order valence-electron chi connectivity index (χ1n) is 7.99. The summed E-state index contributed by atoms with van der Waals surface area (Å²) >= 11 is 0. The van der Waals surface area contributed by atoms with E-state index in [1.807, 2.05) is 0 Å². The molecule has 0 heterocycles. The Morgan fingerprint density at radius 1 is 1.16 bits per heavy atom. The first-order valence-corrected chi connectivity index (χ1v) is 7.99. The van der Waals surface area contributed by atoms with Crippen LogP contribution in [0.2, 0.25) is 0 Å². The van der Waals surface area contributed by atoms with E-state index in [2.05, 4.69) is 0 Å². The van der Waals surface area contributed by atoms with Crippen LogP contribution in [-0.4, -0.2) is 42.0 Å². The monoisotopic (exact) mass is 356 g/mol. The number of nitrogens with two attached hydrogens (primary N) is 1. The van der Waals surface area contributed by atoms with Crippen molar-refractivity contribution in [1.29, 1.82) is 0 Å². The molecule has 7 heteroatoms. The van der Waals surface area contributed by atoms with E-state index in [1.54, 1.807) is 20.8 Å². The molecule has 0 aromatic heterocycles. The number of ether oxygens (including phenoxy) is 1. The number of carbonyl (C=O) groups excluding carboxylic acids is 2. The first-order chi connectivity index (χ1) is 11.3. The molecule has 0 unspecified atom stereocenters. The number of carbonyl (C=O) groups is 2. The summed E-state index contributed by atoms with van der Waals surface area (Å²) in [5, 5.41) is 0. The zero-order chi connectivity index (χ0) is 19.4. The molecule has 0 aliphatic rings. The van der Waals surface area contributed by atoms with E-state index in [4.69, 9.17) is 10.5 Å². The van der Waals surface area contributed by atoms with Crippen LogP contribution in [0.1, 0.15) is 38.8 Å². The molecular formula is C18H26F2N2O3. The SMILES string of the molecule is CN(CC(=O)OC(C)(C)C)C(=O)[C@@H](N)Cc1ccc(C(C)(F)F)cc1. The van der Waals surface area contributed by atoms with Gasteiger partial charge in [-0.2, -0.15) is 0 Å². The van der Waals surface area contributed by atoms with Gasteiger partial charge in [-0.15, -0.1) is 0 Å². The molecule has 0 fully saturated rings. The fraction of sp³-hybridized carbons (Fsp3) is 0.556. The summed E-state index contributed by atoms with van der Waals surface area (Å²) in [6.45, 7) is 5.83. The molecule has 1 amide bonds. The largest absolute Gasteiger partial charge is 0.459 e. The lowest BCUT2D eigenvalue weighted by atomic mass is 10.0. The first kappa shape index (κ1) is 21.0. The number of benzene rings is 1. The predicted molar refractivity (Wildman–Crippen MR) is 91.2 cm³/mol. The van der Waals surface area contributed by atoms with Gasteiger partial charge in [-0.05, 0) is 32.8 Å². The molecule has 140 valence electrons. The number of alkyl halides is 2. The molecule has 0 aliphatic carbocycles. The Hall–Kier alpha value is -2.02. The summed E-state index contributed by atoms with van der Waals surface area (Å²) in [5.41, 5.74) is 5.82. The van der Waals surface area contributed by atoms with E-state index in [0.29, 0.717) is 5.56 Å². The van der Waals surface area contributed by atoms with E-state index < -0.39 is 29.4 Å². The third-order valence-electron chi connectivity index (χ3n) is 3.40. The van der Waals surface area contributed by atoms with Crippen molar-refractivity contribution in [3.8, 4) is 0 Å². The number of halogens is 2. The van der Waals surface area contributed by atoms with Gasteiger partial charge in [-0.3, -0.25) is 9.59 Å². The van der Waals surface area contributed by atoms with Gasteiger partial charge in [-0.25, -0.2) is 8.78 Å². The number of amides is 1. The van der Waals surface area contributed by atoms with Crippen molar-refractivity contribution in [2.45, 2.75) is 51.7 Å². The summed E-state index contributed by atoms with van der Waals surface area (Å²) in [6.07, 6.45) is 0.188. The number of rotatable bonds is 6.